The van der Waals surface area contributed by atoms with E-state index in [-0.39, 0.29) is 16.6 Å². The van der Waals surface area contributed by atoms with Crippen molar-refractivity contribution in [3.8, 4) is 67.5 Å². The number of benzene rings is 6. The molecule has 8 rings (SSSR count). The van der Waals surface area contributed by atoms with Crippen LogP contribution in [0, 0.1) is 20.8 Å². The number of fused-ring (bicyclic) bond motifs is 1. The second-order valence-corrected chi connectivity index (χ2v) is 17.4. The fourth-order valence-corrected chi connectivity index (χ4v) is 8.26. The van der Waals surface area contributed by atoms with Gasteiger partial charge in [-0.2, -0.15) is 0 Å². The van der Waals surface area contributed by atoms with Gasteiger partial charge in [-0.25, -0.2) is 4.98 Å². The highest BCUT2D eigenvalue weighted by atomic mass is 16.3. The zero-order valence-corrected chi connectivity index (χ0v) is 34.4. The summed E-state index contributed by atoms with van der Waals surface area (Å²) < 4.78 is 2.25. The number of imidazole rings is 1. The Balaban J connectivity index is 1.48. The van der Waals surface area contributed by atoms with Gasteiger partial charge in [-0.05, 0) is 107 Å². The SMILES string of the molecule is Cc1cc(C)c(-c2cc(-c3cnccn3)cc(-c3cccc4c3nc(-c3cc(C(C)(C)C)cc(C(C)(C)C)c3O)n4-c3ccccc3-c3ccccc3)c2)c(C)c1. The second kappa shape index (κ2) is 14.3. The number of aromatic hydroxyl groups is 1. The van der Waals surface area contributed by atoms with Crippen LogP contribution in [-0.2, 0) is 10.8 Å². The molecule has 0 unspecified atom stereocenters. The van der Waals surface area contributed by atoms with Crippen molar-refractivity contribution < 1.29 is 5.11 Å². The molecule has 8 aromatic rings. The number of phenolic OH excluding ortho intramolecular Hbond substituents is 1. The van der Waals surface area contributed by atoms with Crippen molar-refractivity contribution >= 4 is 11.0 Å². The van der Waals surface area contributed by atoms with Gasteiger partial charge in [0.05, 0.1) is 34.2 Å². The molecule has 0 spiro atoms. The van der Waals surface area contributed by atoms with Gasteiger partial charge in [-0.1, -0.05) is 126 Å². The number of rotatable bonds is 6. The summed E-state index contributed by atoms with van der Waals surface area (Å²) in [5, 5.41) is 12.4. The number of nitrogens with zero attached hydrogens (tertiary/aromatic N) is 4. The third kappa shape index (κ3) is 7.03. The first-order valence-electron chi connectivity index (χ1n) is 19.7. The Hall–Kier alpha value is -6.33. The van der Waals surface area contributed by atoms with E-state index in [0.29, 0.717) is 11.4 Å². The zero-order chi connectivity index (χ0) is 40.2. The normalized spacial score (nSPS) is 12.0. The van der Waals surface area contributed by atoms with E-state index in [1.54, 1.807) is 12.4 Å². The Kier molecular flexibility index (Phi) is 9.44. The van der Waals surface area contributed by atoms with Gasteiger partial charge >= 0.3 is 0 Å². The zero-order valence-electron chi connectivity index (χ0n) is 34.4. The summed E-state index contributed by atoms with van der Waals surface area (Å²) in [6.45, 7) is 19.7. The van der Waals surface area contributed by atoms with Gasteiger partial charge in [0.25, 0.3) is 0 Å². The highest BCUT2D eigenvalue weighted by Gasteiger charge is 2.29. The van der Waals surface area contributed by atoms with Crippen molar-refractivity contribution in [2.24, 2.45) is 0 Å². The van der Waals surface area contributed by atoms with Crippen LogP contribution in [0.5, 0.6) is 5.75 Å². The maximum Gasteiger partial charge on any atom is 0.149 e. The van der Waals surface area contributed by atoms with Gasteiger partial charge in [0.1, 0.15) is 11.6 Å². The van der Waals surface area contributed by atoms with Crippen LogP contribution in [0.15, 0.2) is 134 Å². The Morgan fingerprint density at radius 2 is 1.25 bits per heavy atom. The molecule has 2 heterocycles. The minimum atomic E-state index is -0.312. The molecule has 5 nitrogen and oxygen atoms in total. The van der Waals surface area contributed by atoms with E-state index in [1.807, 2.05) is 12.3 Å². The highest BCUT2D eigenvalue weighted by Crippen LogP contribution is 2.46. The van der Waals surface area contributed by atoms with Gasteiger partial charge < -0.3 is 5.11 Å². The standard InChI is InChI=1S/C52H50N4O/c1-32-24-33(2)47(34(3)25-32)38-27-36(26-37(28-38)44-31-53-22-23-54-44)41-19-15-21-46-48(41)55-50(42-29-39(51(4,5)6)30-43(49(42)57)52(7,8)9)56(46)45-20-14-13-18-40(45)35-16-11-10-12-17-35/h10-31,57H,1-9H3. The van der Waals surface area contributed by atoms with Gasteiger partial charge in [0, 0.05) is 34.6 Å². The molecular weight excluding hydrogens is 697 g/mol. The molecule has 0 amide bonds. The molecule has 5 heteroatoms. The van der Waals surface area contributed by atoms with Crippen LogP contribution in [0.4, 0.5) is 0 Å². The number of hydrogen-bond acceptors (Lipinski definition) is 4. The van der Waals surface area contributed by atoms with E-state index in [0.717, 1.165) is 66.9 Å². The predicted octanol–water partition coefficient (Wildman–Crippen LogP) is 13.4. The molecule has 0 fully saturated rings. The minimum absolute atomic E-state index is 0.171. The summed E-state index contributed by atoms with van der Waals surface area (Å²) in [6, 6.07) is 40.9. The fraction of sp³-hybridized carbons (Fsp3) is 0.212. The first-order valence-corrected chi connectivity index (χ1v) is 19.7. The molecule has 0 radical (unpaired) electrons. The second-order valence-electron chi connectivity index (χ2n) is 17.4. The first kappa shape index (κ1) is 37.6. The van der Waals surface area contributed by atoms with Crippen molar-refractivity contribution in [2.75, 3.05) is 0 Å². The van der Waals surface area contributed by atoms with Crippen molar-refractivity contribution in [2.45, 2.75) is 73.1 Å². The Bertz CT molecular complexity index is 2760. The molecule has 0 aliphatic heterocycles. The van der Waals surface area contributed by atoms with Gasteiger partial charge in [0.2, 0.25) is 0 Å². The van der Waals surface area contributed by atoms with Crippen molar-refractivity contribution in [3.05, 3.63) is 162 Å². The first-order chi connectivity index (χ1) is 27.2. The number of hydrogen-bond donors (Lipinski definition) is 1. The summed E-state index contributed by atoms with van der Waals surface area (Å²) in [6.07, 6.45) is 5.27. The molecule has 0 saturated carbocycles. The topological polar surface area (TPSA) is 63.8 Å². The summed E-state index contributed by atoms with van der Waals surface area (Å²) in [5.41, 5.74) is 17.0. The summed E-state index contributed by atoms with van der Waals surface area (Å²) >= 11 is 0. The molecule has 0 saturated heterocycles. The molecule has 57 heavy (non-hydrogen) atoms. The van der Waals surface area contributed by atoms with Crippen LogP contribution in [0.3, 0.4) is 0 Å². The lowest BCUT2D eigenvalue weighted by molar-refractivity contribution is 0.446. The summed E-state index contributed by atoms with van der Waals surface area (Å²) in [4.78, 5) is 14.8. The average molecular weight is 747 g/mol. The lowest BCUT2D eigenvalue weighted by atomic mass is 9.79. The van der Waals surface area contributed by atoms with E-state index in [2.05, 4.69) is 181 Å². The molecule has 0 atom stereocenters. The molecule has 0 aliphatic carbocycles. The number of aromatic nitrogens is 4. The molecule has 2 aromatic heterocycles. The summed E-state index contributed by atoms with van der Waals surface area (Å²) in [7, 11) is 0. The van der Waals surface area contributed by atoms with E-state index in [4.69, 9.17) is 9.97 Å². The molecule has 0 bridgehead atoms. The third-order valence-electron chi connectivity index (χ3n) is 11.0. The Morgan fingerprint density at radius 3 is 1.93 bits per heavy atom. The van der Waals surface area contributed by atoms with Gasteiger partial charge in [-0.3, -0.25) is 14.5 Å². The van der Waals surface area contributed by atoms with Crippen LogP contribution in [0.1, 0.15) is 69.4 Å². The van der Waals surface area contributed by atoms with Crippen molar-refractivity contribution in [1.82, 2.24) is 19.5 Å². The molecule has 0 aliphatic rings. The predicted molar refractivity (Wildman–Crippen MR) is 237 cm³/mol. The highest BCUT2D eigenvalue weighted by molar-refractivity contribution is 5.98. The molecule has 284 valence electrons. The fourth-order valence-electron chi connectivity index (χ4n) is 8.26. The van der Waals surface area contributed by atoms with Gasteiger partial charge in [-0.15, -0.1) is 0 Å². The van der Waals surface area contributed by atoms with Crippen LogP contribution in [0.25, 0.3) is 72.7 Å². The van der Waals surface area contributed by atoms with Crippen molar-refractivity contribution in [1.29, 1.82) is 0 Å². The number of phenols is 1. The summed E-state index contributed by atoms with van der Waals surface area (Å²) in [5.74, 6) is 0.938. The largest absolute Gasteiger partial charge is 0.507 e. The smallest absolute Gasteiger partial charge is 0.149 e. The van der Waals surface area contributed by atoms with Crippen LogP contribution in [0.2, 0.25) is 0 Å². The lowest BCUT2D eigenvalue weighted by Crippen LogP contribution is -2.17. The number of aryl methyl sites for hydroxylation is 3. The monoisotopic (exact) mass is 746 g/mol. The quantitative estimate of drug-likeness (QED) is 0.184. The van der Waals surface area contributed by atoms with Crippen LogP contribution in [-0.4, -0.2) is 24.6 Å². The molecular formula is C52H50N4O. The lowest BCUT2D eigenvalue weighted by Gasteiger charge is -2.27. The van der Waals surface area contributed by atoms with Crippen LogP contribution < -0.4 is 0 Å². The molecule has 6 aromatic carbocycles. The van der Waals surface area contributed by atoms with E-state index in [1.165, 1.54) is 22.3 Å². The van der Waals surface area contributed by atoms with E-state index >= 15 is 0 Å². The maximum absolute atomic E-state index is 12.4. The van der Waals surface area contributed by atoms with Gasteiger partial charge in [0.15, 0.2) is 0 Å². The van der Waals surface area contributed by atoms with E-state index < -0.39 is 0 Å². The Morgan fingerprint density at radius 1 is 0.579 bits per heavy atom. The van der Waals surface area contributed by atoms with E-state index in [9.17, 15) is 5.11 Å². The molecule has 1 N–H and O–H groups in total. The number of para-hydroxylation sites is 2. The van der Waals surface area contributed by atoms with Crippen LogP contribution >= 0.6 is 0 Å². The minimum Gasteiger partial charge on any atom is -0.507 e. The Labute approximate surface area is 336 Å². The van der Waals surface area contributed by atoms with Crippen molar-refractivity contribution in [3.63, 3.8) is 0 Å². The maximum atomic E-state index is 12.4. The third-order valence-corrected chi connectivity index (χ3v) is 11.0. The average Bonchev–Trinajstić information content (AvgIpc) is 3.57.